The van der Waals surface area contributed by atoms with Crippen molar-refractivity contribution < 1.29 is 41.4 Å². The van der Waals surface area contributed by atoms with E-state index >= 15 is 0 Å². The lowest BCUT2D eigenvalue weighted by molar-refractivity contribution is -0.147. The van der Waals surface area contributed by atoms with Crippen molar-refractivity contribution in [2.24, 2.45) is 11.8 Å². The van der Waals surface area contributed by atoms with Crippen LogP contribution in [0.15, 0.2) is 48.6 Å². The van der Waals surface area contributed by atoms with Gasteiger partial charge in [0.15, 0.2) is 16.6 Å². The zero-order chi connectivity index (χ0) is 37.4. The van der Waals surface area contributed by atoms with Gasteiger partial charge in [0.1, 0.15) is 12.4 Å². The number of unbranched alkanes of at least 4 members (excludes halogenated alkanes) is 1. The first-order valence-electron chi connectivity index (χ1n) is 17.7. The molecular formula is C38H63F3O6Si2. The highest BCUT2D eigenvalue weighted by Gasteiger charge is 2.47. The van der Waals surface area contributed by atoms with Gasteiger partial charge in [-0.15, -0.1) is 0 Å². The summed E-state index contributed by atoms with van der Waals surface area (Å²) in [5.41, 5.74) is -0.764. The topological polar surface area (TPSA) is 74.2 Å². The molecule has 6 nitrogen and oxygen atoms in total. The van der Waals surface area contributed by atoms with Gasteiger partial charge in [0.05, 0.1) is 30.0 Å². The largest absolute Gasteiger partial charge is 0.491 e. The van der Waals surface area contributed by atoms with Crippen molar-refractivity contribution in [1.82, 2.24) is 0 Å². The molecule has 0 unspecified atom stereocenters. The van der Waals surface area contributed by atoms with Crippen molar-refractivity contribution in [2.45, 2.75) is 154 Å². The number of esters is 1. The predicted molar refractivity (Wildman–Crippen MR) is 197 cm³/mol. The summed E-state index contributed by atoms with van der Waals surface area (Å²) in [7, 11) is -4.50. The van der Waals surface area contributed by atoms with E-state index in [0.29, 0.717) is 25.7 Å². The number of allylic oxidation sites excluding steroid dienone is 2. The van der Waals surface area contributed by atoms with Gasteiger partial charge in [-0.05, 0) is 99.9 Å². The summed E-state index contributed by atoms with van der Waals surface area (Å²) in [6.07, 6.45) is 5.23. The van der Waals surface area contributed by atoms with Crippen molar-refractivity contribution in [3.63, 3.8) is 0 Å². The molecule has 2 rings (SSSR count). The van der Waals surface area contributed by atoms with Gasteiger partial charge in [0.25, 0.3) is 0 Å². The van der Waals surface area contributed by atoms with Crippen LogP contribution >= 0.6 is 0 Å². The summed E-state index contributed by atoms with van der Waals surface area (Å²) in [6, 6.07) is 4.91. The van der Waals surface area contributed by atoms with Crippen molar-refractivity contribution in [1.29, 1.82) is 0 Å². The monoisotopic (exact) mass is 728 g/mol. The fraction of sp³-hybridized carbons (Fsp3) is 0.711. The Morgan fingerprint density at radius 2 is 1.63 bits per heavy atom. The minimum Gasteiger partial charge on any atom is -0.491 e. The molecule has 1 aliphatic rings. The molecular weight excluding hydrogens is 666 g/mol. The molecule has 0 amide bonds. The van der Waals surface area contributed by atoms with Gasteiger partial charge in [0, 0.05) is 12.3 Å². The number of benzene rings is 1. The van der Waals surface area contributed by atoms with Crippen LogP contribution < -0.4 is 4.74 Å². The number of carbonyl (C=O) groups excluding carboxylic acids is 1. The van der Waals surface area contributed by atoms with Gasteiger partial charge in [-0.2, -0.15) is 13.2 Å². The predicted octanol–water partition coefficient (Wildman–Crippen LogP) is 10.5. The third kappa shape index (κ3) is 13.6. The number of alkyl halides is 3. The van der Waals surface area contributed by atoms with Crippen molar-refractivity contribution in [3.8, 4) is 5.75 Å². The molecule has 0 saturated heterocycles. The summed E-state index contributed by atoms with van der Waals surface area (Å²) in [5.74, 6) is -0.292. The van der Waals surface area contributed by atoms with Crippen molar-refractivity contribution in [3.05, 3.63) is 54.1 Å². The number of aliphatic hydroxyl groups is 1. The maximum atomic E-state index is 13.4. The fourth-order valence-electron chi connectivity index (χ4n) is 5.30. The van der Waals surface area contributed by atoms with E-state index in [0.717, 1.165) is 18.6 Å². The number of carbonyl (C=O) groups is 1. The first-order valence-corrected chi connectivity index (χ1v) is 23.5. The molecule has 0 radical (unpaired) electrons. The third-order valence-electron chi connectivity index (χ3n) is 10.2. The van der Waals surface area contributed by atoms with Crippen molar-refractivity contribution >= 4 is 22.6 Å². The maximum absolute atomic E-state index is 13.4. The van der Waals surface area contributed by atoms with Gasteiger partial charge in [0.2, 0.25) is 0 Å². The summed E-state index contributed by atoms with van der Waals surface area (Å²) in [4.78, 5) is 11.9. The number of ether oxygens (including phenoxy) is 2. The molecule has 0 heterocycles. The van der Waals surface area contributed by atoms with Crippen LogP contribution in [0.1, 0.15) is 93.1 Å². The normalized spacial score (nSPS) is 22.0. The maximum Gasteiger partial charge on any atom is 0.416 e. The Bertz CT molecular complexity index is 1250. The minimum absolute atomic E-state index is 0.0201. The Kier molecular flexibility index (Phi) is 15.5. The highest BCUT2D eigenvalue weighted by Crippen LogP contribution is 2.44. The van der Waals surface area contributed by atoms with Crippen LogP contribution in [0.5, 0.6) is 5.75 Å². The van der Waals surface area contributed by atoms with Gasteiger partial charge in [-0.25, -0.2) is 0 Å². The Labute approximate surface area is 296 Å². The Morgan fingerprint density at radius 3 is 2.20 bits per heavy atom. The summed E-state index contributed by atoms with van der Waals surface area (Å²) >= 11 is 0. The molecule has 280 valence electrons. The number of aliphatic hydroxyl groups excluding tert-OH is 1. The summed E-state index contributed by atoms with van der Waals surface area (Å²) < 4.78 is 65.0. The third-order valence-corrected chi connectivity index (χ3v) is 19.2. The Balaban J connectivity index is 2.36. The molecule has 5 atom stereocenters. The van der Waals surface area contributed by atoms with Crippen LogP contribution in [-0.2, 0) is 24.6 Å². The van der Waals surface area contributed by atoms with Crippen LogP contribution in [0.2, 0.25) is 36.3 Å². The second-order valence-corrected chi connectivity index (χ2v) is 26.2. The van der Waals surface area contributed by atoms with Gasteiger partial charge in [-0.1, -0.05) is 71.9 Å². The first kappa shape index (κ1) is 43.2. The molecule has 0 aliphatic heterocycles. The lowest BCUT2D eigenvalue weighted by atomic mass is 9.89. The van der Waals surface area contributed by atoms with Crippen LogP contribution in [0.4, 0.5) is 13.2 Å². The van der Waals surface area contributed by atoms with Gasteiger partial charge >= 0.3 is 12.1 Å². The molecule has 1 saturated carbocycles. The molecule has 49 heavy (non-hydrogen) atoms. The number of hydrogen-bond acceptors (Lipinski definition) is 6. The molecule has 11 heteroatoms. The highest BCUT2D eigenvalue weighted by atomic mass is 28.4. The average Bonchev–Trinajstić information content (AvgIpc) is 3.22. The van der Waals surface area contributed by atoms with Crippen LogP contribution in [0, 0.1) is 11.8 Å². The van der Waals surface area contributed by atoms with Crippen LogP contribution in [-0.4, -0.2) is 58.7 Å². The van der Waals surface area contributed by atoms with Crippen LogP contribution in [0.3, 0.4) is 0 Å². The zero-order valence-corrected chi connectivity index (χ0v) is 33.9. The highest BCUT2D eigenvalue weighted by molar-refractivity contribution is 6.74. The number of hydrogen-bond donors (Lipinski definition) is 1. The van der Waals surface area contributed by atoms with Gasteiger partial charge < -0.3 is 23.4 Å². The SMILES string of the molecule is CC(C)OC(=O)CCCC=CC[C@@H]1[C@@H](C=C[C@H](COc2cccc(C(F)(F)F)c2)O[Si](C)(C)C(C)(C)C)[C@H](O[Si](C)(C)C(C)(C)C)C[C@@H]1O. The quantitative estimate of drug-likeness (QED) is 0.0791. The standard InChI is InChI=1S/C38H63F3O6Si2/c1-27(2)45-35(43)21-16-14-13-15-20-31-32(34(25-33(31)42)47-49(11,12)37(6,7)8)23-22-30(46-48(9,10)36(3,4)5)26-44-29-19-17-18-28(24-29)38(39,40)41/h13,15,17-19,22-24,27,30-34,42H,14,16,20-21,25-26H2,1-12H3/t30-,31-,32-,33+,34-/m1/s1. The second-order valence-electron chi connectivity index (χ2n) is 16.7. The van der Waals surface area contributed by atoms with E-state index < -0.39 is 40.6 Å². The van der Waals surface area contributed by atoms with E-state index in [-0.39, 0.29) is 52.4 Å². The number of halogens is 3. The van der Waals surface area contributed by atoms with E-state index in [1.807, 2.05) is 19.9 Å². The zero-order valence-electron chi connectivity index (χ0n) is 31.9. The Hall–Kier alpha value is -1.93. The summed E-state index contributed by atoms with van der Waals surface area (Å²) in [5, 5.41) is 11.2. The second kappa shape index (κ2) is 17.5. The lowest BCUT2D eigenvalue weighted by Crippen LogP contribution is -2.45. The average molecular weight is 729 g/mol. The van der Waals surface area contributed by atoms with E-state index in [1.54, 1.807) is 0 Å². The van der Waals surface area contributed by atoms with E-state index in [9.17, 15) is 23.1 Å². The molecule has 0 aromatic heterocycles. The summed E-state index contributed by atoms with van der Waals surface area (Å²) in [6.45, 7) is 25.4. The molecule has 1 aliphatic carbocycles. The number of rotatable bonds is 16. The van der Waals surface area contributed by atoms with E-state index in [4.69, 9.17) is 18.3 Å². The lowest BCUT2D eigenvalue weighted by Gasteiger charge is -2.40. The molecule has 0 bridgehead atoms. The molecule has 1 fully saturated rings. The molecule has 1 aromatic rings. The molecule has 0 spiro atoms. The molecule has 1 N–H and O–H groups in total. The first-order chi connectivity index (χ1) is 22.3. The fourth-order valence-corrected chi connectivity index (χ4v) is 7.92. The minimum atomic E-state index is -4.47. The van der Waals surface area contributed by atoms with Crippen LogP contribution in [0.25, 0.3) is 0 Å². The van der Waals surface area contributed by atoms with Crippen molar-refractivity contribution in [2.75, 3.05) is 6.61 Å². The van der Waals surface area contributed by atoms with Gasteiger partial charge in [-0.3, -0.25) is 4.79 Å². The van der Waals surface area contributed by atoms with E-state index in [2.05, 4.69) is 86.0 Å². The smallest absolute Gasteiger partial charge is 0.416 e. The molecule has 1 aromatic carbocycles. The van der Waals surface area contributed by atoms with E-state index in [1.165, 1.54) is 12.1 Å². The Morgan fingerprint density at radius 1 is 1.00 bits per heavy atom.